The molecule has 2 aromatic rings. The van der Waals surface area contributed by atoms with E-state index in [0.29, 0.717) is 12.0 Å². The van der Waals surface area contributed by atoms with Crippen molar-refractivity contribution in [2.75, 3.05) is 11.9 Å². The molecule has 3 heterocycles. The molecule has 1 amide bonds. The molecule has 1 aromatic heterocycles. The van der Waals surface area contributed by atoms with Crippen LogP contribution in [0.15, 0.2) is 24.3 Å². The maximum absolute atomic E-state index is 12.8. The van der Waals surface area contributed by atoms with Gasteiger partial charge in [0.2, 0.25) is 0 Å². The SMILES string of the molecule is CC(C)c1ccc([C@@H]2NC(=O)c3c(sc4c3CC[NH+](C(C)C)C4)N2)cc1. The van der Waals surface area contributed by atoms with E-state index in [4.69, 9.17) is 0 Å². The van der Waals surface area contributed by atoms with Gasteiger partial charge in [-0.3, -0.25) is 4.79 Å². The van der Waals surface area contributed by atoms with Crippen LogP contribution in [0.3, 0.4) is 0 Å². The smallest absolute Gasteiger partial charge is 0.256 e. The Balaban J connectivity index is 1.60. The highest BCUT2D eigenvalue weighted by Gasteiger charge is 2.35. The van der Waals surface area contributed by atoms with Crippen LogP contribution in [0.25, 0.3) is 0 Å². The highest BCUT2D eigenvalue weighted by atomic mass is 32.1. The van der Waals surface area contributed by atoms with Crippen molar-refractivity contribution in [1.29, 1.82) is 0 Å². The molecule has 0 fully saturated rings. The lowest BCUT2D eigenvalue weighted by molar-refractivity contribution is -0.936. The van der Waals surface area contributed by atoms with Crippen LogP contribution >= 0.6 is 11.3 Å². The third-order valence-electron chi connectivity index (χ3n) is 5.71. The summed E-state index contributed by atoms with van der Waals surface area (Å²) < 4.78 is 0. The Morgan fingerprint density at radius 1 is 1.12 bits per heavy atom. The summed E-state index contributed by atoms with van der Waals surface area (Å²) in [4.78, 5) is 15.8. The van der Waals surface area contributed by atoms with Gasteiger partial charge in [-0.2, -0.15) is 0 Å². The second-order valence-electron chi connectivity index (χ2n) is 8.07. The monoisotopic (exact) mass is 370 g/mol. The van der Waals surface area contributed by atoms with E-state index in [-0.39, 0.29) is 12.1 Å². The molecule has 4 nitrogen and oxygen atoms in total. The molecule has 4 rings (SSSR count). The zero-order chi connectivity index (χ0) is 18.4. The van der Waals surface area contributed by atoms with Crippen LogP contribution in [0.2, 0.25) is 0 Å². The van der Waals surface area contributed by atoms with E-state index in [1.807, 2.05) is 0 Å². The van der Waals surface area contributed by atoms with Gasteiger partial charge in [0.1, 0.15) is 17.7 Å². The first-order valence-electron chi connectivity index (χ1n) is 9.60. The lowest BCUT2D eigenvalue weighted by atomic mass is 9.98. The van der Waals surface area contributed by atoms with Gasteiger partial charge in [-0.25, -0.2) is 0 Å². The van der Waals surface area contributed by atoms with Crippen LogP contribution < -0.4 is 15.5 Å². The Labute approximate surface area is 159 Å². The minimum absolute atomic E-state index is 0.0715. The zero-order valence-electron chi connectivity index (χ0n) is 16.0. The largest absolute Gasteiger partial charge is 0.353 e. The Kier molecular flexibility index (Phi) is 4.53. The second kappa shape index (κ2) is 6.71. The predicted molar refractivity (Wildman–Crippen MR) is 107 cm³/mol. The molecule has 3 N–H and O–H groups in total. The number of thiophene rings is 1. The van der Waals surface area contributed by atoms with Crippen molar-refractivity contribution in [3.63, 3.8) is 0 Å². The molecule has 5 heteroatoms. The first-order chi connectivity index (χ1) is 12.4. The van der Waals surface area contributed by atoms with Gasteiger partial charge >= 0.3 is 0 Å². The lowest BCUT2D eigenvalue weighted by Crippen LogP contribution is -3.14. The maximum atomic E-state index is 12.8. The molecule has 1 unspecified atom stereocenters. The Morgan fingerprint density at radius 3 is 2.50 bits per heavy atom. The van der Waals surface area contributed by atoms with Gasteiger partial charge in [-0.15, -0.1) is 11.3 Å². The topological polar surface area (TPSA) is 45.6 Å². The molecule has 0 radical (unpaired) electrons. The van der Waals surface area contributed by atoms with Crippen molar-refractivity contribution in [3.05, 3.63) is 51.4 Å². The molecule has 0 spiro atoms. The number of hydrogen-bond acceptors (Lipinski definition) is 3. The summed E-state index contributed by atoms with van der Waals surface area (Å²) in [5.74, 6) is 0.585. The van der Waals surface area contributed by atoms with Crippen LogP contribution in [-0.4, -0.2) is 18.5 Å². The lowest BCUT2D eigenvalue weighted by Gasteiger charge is -2.28. The molecule has 2 aliphatic rings. The highest BCUT2D eigenvalue weighted by molar-refractivity contribution is 7.16. The Hall–Kier alpha value is -1.85. The van der Waals surface area contributed by atoms with Gasteiger partial charge < -0.3 is 15.5 Å². The number of carbonyl (C=O) groups excluding carboxylic acids is 1. The van der Waals surface area contributed by atoms with Gasteiger partial charge in [0.25, 0.3) is 5.91 Å². The summed E-state index contributed by atoms with van der Waals surface area (Å²) in [5.41, 5.74) is 4.59. The fraction of sp³-hybridized carbons (Fsp3) is 0.476. The number of amides is 1. The average molecular weight is 371 g/mol. The van der Waals surface area contributed by atoms with Crippen LogP contribution in [0.1, 0.15) is 71.7 Å². The number of quaternary nitrogens is 1. The van der Waals surface area contributed by atoms with Crippen molar-refractivity contribution in [2.45, 2.75) is 58.8 Å². The number of carbonyl (C=O) groups is 1. The molecule has 2 atom stereocenters. The van der Waals surface area contributed by atoms with Gasteiger partial charge in [0.05, 0.1) is 23.0 Å². The van der Waals surface area contributed by atoms with Gasteiger partial charge in [0, 0.05) is 6.42 Å². The summed E-state index contributed by atoms with van der Waals surface area (Å²) >= 11 is 1.78. The summed E-state index contributed by atoms with van der Waals surface area (Å²) in [7, 11) is 0. The molecule has 2 aliphatic heterocycles. The van der Waals surface area contributed by atoms with Crippen molar-refractivity contribution in [2.24, 2.45) is 0 Å². The predicted octanol–water partition coefficient (Wildman–Crippen LogP) is 3.08. The summed E-state index contributed by atoms with van der Waals surface area (Å²) in [6.07, 6.45) is 0.849. The molecule has 0 saturated heterocycles. The summed E-state index contributed by atoms with van der Waals surface area (Å²) in [6.45, 7) is 11.1. The summed E-state index contributed by atoms with van der Waals surface area (Å²) in [6, 6.07) is 9.18. The third-order valence-corrected chi connectivity index (χ3v) is 6.87. The molecule has 138 valence electrons. The zero-order valence-corrected chi connectivity index (χ0v) is 16.8. The quantitative estimate of drug-likeness (QED) is 0.778. The molecular weight excluding hydrogens is 342 g/mol. The van der Waals surface area contributed by atoms with Crippen molar-refractivity contribution in [3.8, 4) is 0 Å². The van der Waals surface area contributed by atoms with Gasteiger partial charge in [-0.1, -0.05) is 38.1 Å². The van der Waals surface area contributed by atoms with E-state index in [1.165, 1.54) is 16.0 Å². The van der Waals surface area contributed by atoms with E-state index in [0.717, 1.165) is 35.6 Å². The fourth-order valence-electron chi connectivity index (χ4n) is 3.94. The molecular formula is C21H28N3OS+. The molecule has 0 aliphatic carbocycles. The number of benzene rings is 1. The number of nitrogens with one attached hydrogen (secondary N) is 3. The highest BCUT2D eigenvalue weighted by Crippen LogP contribution is 2.39. The van der Waals surface area contributed by atoms with Crippen LogP contribution in [0.4, 0.5) is 5.00 Å². The summed E-state index contributed by atoms with van der Waals surface area (Å²) in [5, 5.41) is 7.77. The standard InChI is InChI=1S/C21H27N3OS/c1-12(2)14-5-7-15(8-6-14)19-22-20(25)18-16-9-10-24(13(3)4)11-17(16)26-21(18)23-19/h5-8,12-13,19,23H,9-11H2,1-4H3,(H,22,25)/p+1/t19-/m1/s1. The maximum Gasteiger partial charge on any atom is 0.256 e. The second-order valence-corrected chi connectivity index (χ2v) is 9.17. The van der Waals surface area contributed by atoms with Crippen molar-refractivity contribution < 1.29 is 9.69 Å². The first-order valence-corrected chi connectivity index (χ1v) is 10.4. The van der Waals surface area contributed by atoms with E-state index in [2.05, 4.69) is 62.6 Å². The van der Waals surface area contributed by atoms with Crippen LogP contribution in [0.5, 0.6) is 0 Å². The Morgan fingerprint density at radius 2 is 1.85 bits per heavy atom. The van der Waals surface area contributed by atoms with Crippen LogP contribution in [-0.2, 0) is 13.0 Å². The first kappa shape index (κ1) is 17.6. The number of hydrogen-bond donors (Lipinski definition) is 3. The number of rotatable bonds is 3. The number of fused-ring (bicyclic) bond motifs is 3. The minimum atomic E-state index is -0.148. The third kappa shape index (κ3) is 3.03. The van der Waals surface area contributed by atoms with Gasteiger partial charge in [-0.05, 0) is 36.5 Å². The van der Waals surface area contributed by atoms with Gasteiger partial charge in [0.15, 0.2) is 0 Å². The minimum Gasteiger partial charge on any atom is -0.353 e. The number of anilines is 1. The van der Waals surface area contributed by atoms with E-state index in [1.54, 1.807) is 16.2 Å². The molecule has 0 bridgehead atoms. The normalized spacial score (nSPS) is 22.0. The van der Waals surface area contributed by atoms with Crippen LogP contribution in [0, 0.1) is 0 Å². The van der Waals surface area contributed by atoms with E-state index >= 15 is 0 Å². The van der Waals surface area contributed by atoms with Crippen molar-refractivity contribution in [1.82, 2.24) is 5.32 Å². The van der Waals surface area contributed by atoms with Crippen molar-refractivity contribution >= 4 is 22.2 Å². The Bertz CT molecular complexity index is 823. The molecule has 26 heavy (non-hydrogen) atoms. The average Bonchev–Trinajstić information content (AvgIpc) is 2.99. The van der Waals surface area contributed by atoms with E-state index < -0.39 is 0 Å². The molecule has 0 saturated carbocycles. The fourth-order valence-corrected chi connectivity index (χ4v) is 5.27. The molecule has 1 aromatic carbocycles. The van der Waals surface area contributed by atoms with E-state index in [9.17, 15) is 4.79 Å².